The van der Waals surface area contributed by atoms with Gasteiger partial charge in [-0.3, -0.25) is 9.59 Å². The van der Waals surface area contributed by atoms with Crippen LogP contribution in [-0.2, 0) is 11.4 Å². The lowest BCUT2D eigenvalue weighted by atomic mass is 10.1. The number of anilines is 1. The summed E-state index contributed by atoms with van der Waals surface area (Å²) in [6, 6.07) is 12.0. The Balaban J connectivity index is 1.66. The highest BCUT2D eigenvalue weighted by molar-refractivity contribution is 7.07. The number of amides is 2. The van der Waals surface area contributed by atoms with Gasteiger partial charge in [-0.05, 0) is 37.3 Å². The molecule has 0 saturated carbocycles. The fourth-order valence-electron chi connectivity index (χ4n) is 2.96. The summed E-state index contributed by atoms with van der Waals surface area (Å²) in [6.45, 7) is 2.41. The second-order valence-electron chi connectivity index (χ2n) is 6.73. The average molecular weight is 456 g/mol. The van der Waals surface area contributed by atoms with Crippen LogP contribution in [0.4, 0.5) is 5.69 Å². The van der Waals surface area contributed by atoms with Crippen molar-refractivity contribution in [3.8, 4) is 17.2 Å². The monoisotopic (exact) mass is 455 g/mol. The molecule has 0 spiro atoms. The molecule has 0 bridgehead atoms. The number of ether oxygens (including phenoxy) is 3. The first-order valence-corrected chi connectivity index (χ1v) is 10.9. The van der Waals surface area contributed by atoms with E-state index >= 15 is 0 Å². The molecule has 1 heterocycles. The van der Waals surface area contributed by atoms with Crippen LogP contribution in [0.3, 0.4) is 0 Å². The van der Waals surface area contributed by atoms with Crippen molar-refractivity contribution in [3.63, 3.8) is 0 Å². The van der Waals surface area contributed by atoms with Crippen LogP contribution < -0.4 is 19.5 Å². The smallest absolute Gasteiger partial charge is 0.254 e. The van der Waals surface area contributed by atoms with E-state index in [0.717, 1.165) is 5.69 Å². The first kappa shape index (κ1) is 23.1. The number of rotatable bonds is 10. The molecule has 0 fully saturated rings. The van der Waals surface area contributed by atoms with E-state index in [1.165, 1.54) is 23.3 Å². The zero-order chi connectivity index (χ0) is 22.9. The fraction of sp³-hybridized carbons (Fsp3) is 0.261. The molecule has 0 saturated heterocycles. The minimum atomic E-state index is -0.302. The SMILES string of the molecule is CCN(CC(=O)Nc1cccc(OC)c1)C(=O)c1ccc(OCc2cscn2)c(OC)c1. The summed E-state index contributed by atoms with van der Waals surface area (Å²) < 4.78 is 16.3. The van der Waals surface area contributed by atoms with Gasteiger partial charge in [0.2, 0.25) is 5.91 Å². The predicted molar refractivity (Wildman–Crippen MR) is 123 cm³/mol. The van der Waals surface area contributed by atoms with Crippen LogP contribution in [0.25, 0.3) is 0 Å². The molecule has 8 nitrogen and oxygen atoms in total. The molecule has 2 amide bonds. The Morgan fingerprint density at radius 2 is 1.94 bits per heavy atom. The van der Waals surface area contributed by atoms with Crippen LogP contribution in [-0.4, -0.2) is 49.0 Å². The van der Waals surface area contributed by atoms with Crippen LogP contribution >= 0.6 is 11.3 Å². The average Bonchev–Trinajstić information content (AvgIpc) is 3.34. The minimum Gasteiger partial charge on any atom is -0.497 e. The molecule has 0 aliphatic carbocycles. The maximum Gasteiger partial charge on any atom is 0.254 e. The van der Waals surface area contributed by atoms with E-state index in [1.807, 2.05) is 12.3 Å². The Morgan fingerprint density at radius 3 is 2.62 bits per heavy atom. The lowest BCUT2D eigenvalue weighted by Crippen LogP contribution is -2.37. The molecule has 0 unspecified atom stereocenters. The second-order valence-corrected chi connectivity index (χ2v) is 7.45. The van der Waals surface area contributed by atoms with Gasteiger partial charge in [0.25, 0.3) is 5.91 Å². The third kappa shape index (κ3) is 5.98. The number of hydrogen-bond donors (Lipinski definition) is 1. The Labute approximate surface area is 190 Å². The molecule has 1 aromatic heterocycles. The molecular weight excluding hydrogens is 430 g/mol. The highest BCUT2D eigenvalue weighted by Gasteiger charge is 2.19. The van der Waals surface area contributed by atoms with Crippen molar-refractivity contribution in [2.45, 2.75) is 13.5 Å². The quantitative estimate of drug-likeness (QED) is 0.500. The van der Waals surface area contributed by atoms with Crippen molar-refractivity contribution in [1.82, 2.24) is 9.88 Å². The maximum atomic E-state index is 13.0. The number of methoxy groups -OCH3 is 2. The summed E-state index contributed by atoms with van der Waals surface area (Å²) in [6.07, 6.45) is 0. The number of benzene rings is 2. The lowest BCUT2D eigenvalue weighted by molar-refractivity contribution is -0.116. The molecule has 0 atom stereocenters. The van der Waals surface area contributed by atoms with Crippen molar-refractivity contribution < 1.29 is 23.8 Å². The molecule has 3 aromatic rings. The molecule has 168 valence electrons. The third-order valence-electron chi connectivity index (χ3n) is 4.63. The van der Waals surface area contributed by atoms with Gasteiger partial charge in [-0.2, -0.15) is 0 Å². The molecule has 0 radical (unpaired) electrons. The fourth-order valence-corrected chi connectivity index (χ4v) is 3.51. The summed E-state index contributed by atoms with van der Waals surface area (Å²) in [5, 5.41) is 4.69. The lowest BCUT2D eigenvalue weighted by Gasteiger charge is -2.21. The van der Waals surface area contributed by atoms with Gasteiger partial charge in [0.05, 0.1) is 25.4 Å². The summed E-state index contributed by atoms with van der Waals surface area (Å²) in [5.74, 6) is 0.996. The van der Waals surface area contributed by atoms with Crippen molar-refractivity contribution in [2.24, 2.45) is 0 Å². The van der Waals surface area contributed by atoms with Crippen LogP contribution in [0.5, 0.6) is 17.2 Å². The van der Waals surface area contributed by atoms with Gasteiger partial charge in [-0.1, -0.05) is 6.07 Å². The van der Waals surface area contributed by atoms with Gasteiger partial charge in [-0.25, -0.2) is 4.98 Å². The molecule has 9 heteroatoms. The number of likely N-dealkylation sites (N-methyl/N-ethyl adjacent to an activating group) is 1. The molecule has 0 aliphatic heterocycles. The number of hydrogen-bond acceptors (Lipinski definition) is 7. The van der Waals surface area contributed by atoms with Crippen molar-refractivity contribution in [2.75, 3.05) is 32.6 Å². The van der Waals surface area contributed by atoms with Crippen LogP contribution in [0.2, 0.25) is 0 Å². The van der Waals surface area contributed by atoms with Crippen molar-refractivity contribution in [1.29, 1.82) is 0 Å². The van der Waals surface area contributed by atoms with Gasteiger partial charge in [0.1, 0.15) is 18.9 Å². The summed E-state index contributed by atoms with van der Waals surface area (Å²) >= 11 is 1.49. The number of aromatic nitrogens is 1. The van der Waals surface area contributed by atoms with Crippen LogP contribution in [0, 0.1) is 0 Å². The molecular formula is C23H25N3O5S. The summed E-state index contributed by atoms with van der Waals surface area (Å²) in [5.41, 5.74) is 3.55. The molecule has 1 N–H and O–H groups in total. The first-order chi connectivity index (χ1) is 15.5. The largest absolute Gasteiger partial charge is 0.497 e. The molecule has 2 aromatic carbocycles. The Kier molecular flexibility index (Phi) is 8.04. The standard InChI is InChI=1S/C23H25N3O5S/c1-4-26(12-22(27)25-17-6-5-7-19(11-17)29-2)23(28)16-8-9-20(21(10-16)30-3)31-13-18-14-32-15-24-18/h5-11,14-15H,4,12-13H2,1-3H3,(H,25,27). The van der Waals surface area contributed by atoms with Gasteiger partial charge < -0.3 is 24.4 Å². The number of thiazole rings is 1. The number of nitrogens with zero attached hydrogens (tertiary/aromatic N) is 2. The van der Waals surface area contributed by atoms with E-state index in [2.05, 4.69) is 10.3 Å². The van der Waals surface area contributed by atoms with Crippen molar-refractivity contribution in [3.05, 3.63) is 64.6 Å². The zero-order valence-corrected chi connectivity index (χ0v) is 19.0. The summed E-state index contributed by atoms with van der Waals surface area (Å²) in [7, 11) is 3.07. The van der Waals surface area contributed by atoms with Gasteiger partial charge in [0.15, 0.2) is 11.5 Å². The Hall–Kier alpha value is -3.59. The van der Waals surface area contributed by atoms with E-state index in [-0.39, 0.29) is 18.4 Å². The van der Waals surface area contributed by atoms with Crippen LogP contribution in [0.1, 0.15) is 23.0 Å². The second kappa shape index (κ2) is 11.1. The van der Waals surface area contributed by atoms with E-state index < -0.39 is 0 Å². The van der Waals surface area contributed by atoms with E-state index in [9.17, 15) is 9.59 Å². The number of carbonyl (C=O) groups is 2. The van der Waals surface area contributed by atoms with E-state index in [4.69, 9.17) is 14.2 Å². The minimum absolute atomic E-state index is 0.0864. The van der Waals surface area contributed by atoms with Gasteiger partial charge >= 0.3 is 0 Å². The topological polar surface area (TPSA) is 90.0 Å². The molecule has 32 heavy (non-hydrogen) atoms. The zero-order valence-electron chi connectivity index (χ0n) is 18.2. The number of carbonyl (C=O) groups excluding carboxylic acids is 2. The maximum absolute atomic E-state index is 13.0. The highest BCUT2D eigenvalue weighted by atomic mass is 32.1. The Morgan fingerprint density at radius 1 is 1.09 bits per heavy atom. The van der Waals surface area contributed by atoms with E-state index in [1.54, 1.807) is 55.1 Å². The Bertz CT molecular complexity index is 1060. The summed E-state index contributed by atoms with van der Waals surface area (Å²) in [4.78, 5) is 31.1. The number of nitrogens with one attached hydrogen (secondary N) is 1. The van der Waals surface area contributed by atoms with Gasteiger partial charge in [-0.15, -0.1) is 11.3 Å². The molecule has 0 aliphatic rings. The van der Waals surface area contributed by atoms with Crippen LogP contribution in [0.15, 0.2) is 53.4 Å². The third-order valence-corrected chi connectivity index (χ3v) is 5.26. The normalized spacial score (nSPS) is 10.3. The van der Waals surface area contributed by atoms with Gasteiger partial charge in [0, 0.05) is 29.2 Å². The van der Waals surface area contributed by atoms with Crippen molar-refractivity contribution >= 4 is 28.8 Å². The molecule has 3 rings (SSSR count). The van der Waals surface area contributed by atoms with E-state index in [0.29, 0.717) is 41.7 Å². The first-order valence-electron chi connectivity index (χ1n) is 9.95. The predicted octanol–water partition coefficient (Wildman–Crippen LogP) is 3.84. The highest BCUT2D eigenvalue weighted by Crippen LogP contribution is 2.29.